The van der Waals surface area contributed by atoms with Crippen molar-refractivity contribution in [3.63, 3.8) is 0 Å². The van der Waals surface area contributed by atoms with Crippen LogP contribution in [0.25, 0.3) is 0 Å². The van der Waals surface area contributed by atoms with Gasteiger partial charge < -0.3 is 5.32 Å². The summed E-state index contributed by atoms with van der Waals surface area (Å²) in [6.45, 7) is 1.07. The summed E-state index contributed by atoms with van der Waals surface area (Å²) in [4.78, 5) is 23.3. The van der Waals surface area contributed by atoms with Crippen molar-refractivity contribution in [2.45, 2.75) is 11.8 Å². The number of nitrogens with zero attached hydrogens (tertiary/aromatic N) is 1. The molecule has 0 aromatic heterocycles. The second-order valence-corrected chi connectivity index (χ2v) is 7.02. The smallest absolute Gasteiger partial charge is 0.264 e. The van der Waals surface area contributed by atoms with Gasteiger partial charge in [-0.15, -0.1) is 0 Å². The maximum absolute atomic E-state index is 12.9. The Labute approximate surface area is 133 Å². The van der Waals surface area contributed by atoms with E-state index in [-0.39, 0.29) is 17.2 Å². The van der Waals surface area contributed by atoms with Gasteiger partial charge in [-0.25, -0.2) is 8.42 Å². The Morgan fingerprint density at radius 3 is 2.61 bits per heavy atom. The Morgan fingerprint density at radius 2 is 1.87 bits per heavy atom. The molecule has 118 valence electrons. The fraction of sp³-hybridized carbons (Fsp3) is 0.125. The summed E-state index contributed by atoms with van der Waals surface area (Å²) in [6.07, 6.45) is 0. The van der Waals surface area contributed by atoms with Crippen LogP contribution in [-0.4, -0.2) is 26.7 Å². The number of carbonyl (C=O) groups is 2. The largest absolute Gasteiger partial charge is 0.323 e. The lowest BCUT2D eigenvalue weighted by atomic mass is 10.2. The molecule has 0 spiro atoms. The van der Waals surface area contributed by atoms with Gasteiger partial charge in [0.2, 0.25) is 5.91 Å². The van der Waals surface area contributed by atoms with Crippen LogP contribution in [0.5, 0.6) is 0 Å². The van der Waals surface area contributed by atoms with Crippen molar-refractivity contribution in [3.05, 3.63) is 54.1 Å². The van der Waals surface area contributed by atoms with Gasteiger partial charge >= 0.3 is 0 Å². The van der Waals surface area contributed by atoms with Crippen LogP contribution in [0.2, 0.25) is 0 Å². The molecule has 0 radical (unpaired) electrons. The average Bonchev–Trinajstić information content (AvgIpc) is 2.54. The molecule has 7 heteroatoms. The molecule has 1 heterocycles. The number of benzene rings is 2. The molecule has 1 amide bonds. The number of rotatable bonds is 3. The van der Waals surface area contributed by atoms with Gasteiger partial charge in [0.05, 0.1) is 16.3 Å². The highest BCUT2D eigenvalue weighted by Gasteiger charge is 2.32. The van der Waals surface area contributed by atoms with Gasteiger partial charge in [-0.1, -0.05) is 24.3 Å². The number of ketones is 1. The first-order valence-corrected chi connectivity index (χ1v) is 8.36. The number of sulfonamides is 1. The SMILES string of the molecule is CC(=O)c1cccc(S(=O)(=O)N2CC(=O)Nc3ccccc32)c1. The maximum Gasteiger partial charge on any atom is 0.264 e. The van der Waals surface area contributed by atoms with Gasteiger partial charge in [-0.05, 0) is 31.2 Å². The molecular weight excluding hydrogens is 316 g/mol. The van der Waals surface area contributed by atoms with Gasteiger partial charge in [-0.2, -0.15) is 0 Å². The Balaban J connectivity index is 2.12. The first-order chi connectivity index (χ1) is 10.9. The minimum Gasteiger partial charge on any atom is -0.323 e. The van der Waals surface area contributed by atoms with E-state index in [9.17, 15) is 18.0 Å². The molecule has 0 saturated heterocycles. The molecule has 1 aliphatic heterocycles. The molecule has 3 rings (SSSR count). The van der Waals surface area contributed by atoms with Crippen LogP contribution in [0, 0.1) is 0 Å². The Morgan fingerprint density at radius 1 is 1.13 bits per heavy atom. The Kier molecular flexibility index (Phi) is 3.65. The monoisotopic (exact) mass is 330 g/mol. The van der Waals surface area contributed by atoms with Crippen LogP contribution in [0.4, 0.5) is 11.4 Å². The predicted molar refractivity (Wildman–Crippen MR) is 86.1 cm³/mol. The molecule has 0 unspecified atom stereocenters. The standard InChI is InChI=1S/C16H14N2O4S/c1-11(19)12-5-4-6-13(9-12)23(21,22)18-10-16(20)17-14-7-2-3-8-15(14)18/h2-9H,10H2,1H3,(H,17,20). The van der Waals surface area contributed by atoms with E-state index in [1.807, 2.05) is 0 Å². The molecular formula is C16H14N2O4S. The van der Waals surface area contributed by atoms with Gasteiger partial charge in [0, 0.05) is 5.56 Å². The maximum atomic E-state index is 12.9. The third-order valence-electron chi connectivity index (χ3n) is 3.56. The van der Waals surface area contributed by atoms with E-state index in [0.29, 0.717) is 16.9 Å². The topological polar surface area (TPSA) is 83.6 Å². The number of carbonyl (C=O) groups excluding carboxylic acids is 2. The lowest BCUT2D eigenvalue weighted by Gasteiger charge is -2.30. The number of hydrogen-bond acceptors (Lipinski definition) is 4. The fourth-order valence-corrected chi connectivity index (χ4v) is 3.91. The lowest BCUT2D eigenvalue weighted by molar-refractivity contribution is -0.115. The molecule has 0 saturated carbocycles. The average molecular weight is 330 g/mol. The summed E-state index contributed by atoms with van der Waals surface area (Å²) >= 11 is 0. The molecule has 0 bridgehead atoms. The van der Waals surface area contributed by atoms with E-state index in [1.165, 1.54) is 25.1 Å². The number of hydrogen-bond donors (Lipinski definition) is 1. The second kappa shape index (κ2) is 5.51. The molecule has 23 heavy (non-hydrogen) atoms. The summed E-state index contributed by atoms with van der Waals surface area (Å²) in [7, 11) is -3.94. The minimum atomic E-state index is -3.94. The molecule has 0 fully saturated rings. The zero-order valence-corrected chi connectivity index (χ0v) is 13.1. The van der Waals surface area contributed by atoms with E-state index >= 15 is 0 Å². The van der Waals surface area contributed by atoms with Gasteiger partial charge in [0.15, 0.2) is 5.78 Å². The van der Waals surface area contributed by atoms with Gasteiger partial charge in [0.25, 0.3) is 10.0 Å². The predicted octanol–water partition coefficient (Wildman–Crippen LogP) is 2.04. The first kappa shape index (κ1) is 15.2. The van der Waals surface area contributed by atoms with Crippen LogP contribution in [0.1, 0.15) is 17.3 Å². The number of para-hydroxylation sites is 2. The number of nitrogens with one attached hydrogen (secondary N) is 1. The van der Waals surface area contributed by atoms with Crippen LogP contribution in [0.15, 0.2) is 53.4 Å². The zero-order valence-electron chi connectivity index (χ0n) is 12.3. The number of Topliss-reactive ketones (excluding diaryl/α,β-unsaturated/α-hetero) is 1. The summed E-state index contributed by atoms with van der Waals surface area (Å²) < 4.78 is 26.9. The summed E-state index contributed by atoms with van der Waals surface area (Å²) in [6, 6.07) is 12.5. The molecule has 1 aliphatic rings. The van der Waals surface area contributed by atoms with E-state index < -0.39 is 15.9 Å². The number of anilines is 2. The van der Waals surface area contributed by atoms with E-state index in [0.717, 1.165) is 4.31 Å². The van der Waals surface area contributed by atoms with Gasteiger partial charge in [-0.3, -0.25) is 13.9 Å². The summed E-state index contributed by atoms with van der Waals surface area (Å²) in [5, 5.41) is 2.64. The van der Waals surface area contributed by atoms with Crippen molar-refractivity contribution in [2.75, 3.05) is 16.2 Å². The Hall–Kier alpha value is -2.67. The van der Waals surface area contributed by atoms with Crippen molar-refractivity contribution in [1.29, 1.82) is 0 Å². The second-order valence-electron chi connectivity index (χ2n) is 5.16. The molecule has 0 aliphatic carbocycles. The highest BCUT2D eigenvalue weighted by Crippen LogP contribution is 2.33. The van der Waals surface area contributed by atoms with Crippen molar-refractivity contribution in [3.8, 4) is 0 Å². The van der Waals surface area contributed by atoms with Crippen molar-refractivity contribution in [1.82, 2.24) is 0 Å². The van der Waals surface area contributed by atoms with Crippen LogP contribution in [0.3, 0.4) is 0 Å². The fourth-order valence-electron chi connectivity index (χ4n) is 2.42. The molecule has 6 nitrogen and oxygen atoms in total. The number of fused-ring (bicyclic) bond motifs is 1. The van der Waals surface area contributed by atoms with Crippen molar-refractivity contribution in [2.24, 2.45) is 0 Å². The van der Waals surface area contributed by atoms with E-state index in [4.69, 9.17) is 0 Å². The first-order valence-electron chi connectivity index (χ1n) is 6.92. The lowest BCUT2D eigenvalue weighted by Crippen LogP contribution is -2.42. The highest BCUT2D eigenvalue weighted by atomic mass is 32.2. The molecule has 2 aromatic carbocycles. The third kappa shape index (κ3) is 2.70. The van der Waals surface area contributed by atoms with Crippen LogP contribution in [-0.2, 0) is 14.8 Å². The third-order valence-corrected chi connectivity index (χ3v) is 5.32. The minimum absolute atomic E-state index is 0.0188. The van der Waals surface area contributed by atoms with E-state index in [1.54, 1.807) is 30.3 Å². The zero-order chi connectivity index (χ0) is 16.6. The van der Waals surface area contributed by atoms with Gasteiger partial charge in [0.1, 0.15) is 6.54 Å². The summed E-state index contributed by atoms with van der Waals surface area (Å²) in [5.74, 6) is -0.631. The molecule has 1 N–H and O–H groups in total. The van der Waals surface area contributed by atoms with E-state index in [2.05, 4.69) is 5.32 Å². The van der Waals surface area contributed by atoms with Crippen molar-refractivity contribution >= 4 is 33.1 Å². The number of amides is 1. The van der Waals surface area contributed by atoms with Crippen LogP contribution >= 0.6 is 0 Å². The molecule has 0 atom stereocenters. The quantitative estimate of drug-likeness (QED) is 0.873. The summed E-state index contributed by atoms with van der Waals surface area (Å²) in [5.41, 5.74) is 1.15. The van der Waals surface area contributed by atoms with Crippen molar-refractivity contribution < 1.29 is 18.0 Å². The van der Waals surface area contributed by atoms with Crippen LogP contribution < -0.4 is 9.62 Å². The molecule has 2 aromatic rings. The highest BCUT2D eigenvalue weighted by molar-refractivity contribution is 7.92. The Bertz CT molecular complexity index is 906. The normalized spacial score (nSPS) is 14.1.